The third-order valence-electron chi connectivity index (χ3n) is 8.66. The van der Waals surface area contributed by atoms with Crippen LogP contribution in [0.5, 0.6) is 5.75 Å². The second kappa shape index (κ2) is 11.5. The van der Waals surface area contributed by atoms with Crippen LogP contribution in [0.4, 0.5) is 17.1 Å². The monoisotopic (exact) mass is 621 g/mol. The molecule has 4 atom stereocenters. The summed E-state index contributed by atoms with van der Waals surface area (Å²) >= 11 is 0. The zero-order chi connectivity index (χ0) is 33.0. The van der Waals surface area contributed by atoms with E-state index in [-0.39, 0.29) is 42.0 Å². The lowest BCUT2D eigenvalue weighted by atomic mass is 9.57. The highest BCUT2D eigenvalue weighted by Gasteiger charge is 2.64. The van der Waals surface area contributed by atoms with E-state index in [2.05, 4.69) is 15.3 Å². The maximum absolute atomic E-state index is 14.1. The van der Waals surface area contributed by atoms with Crippen LogP contribution in [0.15, 0.2) is 52.5 Å². The molecule has 1 aromatic carbocycles. The average molecular weight is 622 g/mol. The molecule has 2 unspecified atom stereocenters. The molecule has 1 saturated carbocycles. The lowest BCUT2D eigenvalue weighted by molar-refractivity contribution is -0.153. The number of phenolic OH excluding ortho intramolecular Hbond substituents is 1. The Balaban J connectivity index is 1.66. The first-order valence-electron chi connectivity index (χ1n) is 14.1. The van der Waals surface area contributed by atoms with E-state index in [1.807, 2.05) is 5.48 Å². The number of aliphatic hydroxyl groups excluding tert-OH is 2. The van der Waals surface area contributed by atoms with Gasteiger partial charge < -0.3 is 36.4 Å². The number of primary amides is 1. The molecule has 238 valence electrons. The van der Waals surface area contributed by atoms with Gasteiger partial charge in [-0.2, -0.15) is 0 Å². The number of nitrogens with one attached hydrogen (secondary N) is 2. The van der Waals surface area contributed by atoms with Crippen molar-refractivity contribution < 1.29 is 40.0 Å². The summed E-state index contributed by atoms with van der Waals surface area (Å²) in [5.41, 5.74) is 4.97. The number of hydrogen-bond donors (Lipinski definition) is 8. The van der Waals surface area contributed by atoms with E-state index in [9.17, 15) is 40.0 Å². The number of hydrogen-bond acceptors (Lipinski definition) is 13. The number of aliphatic imine (C=N–C) groups is 1. The van der Waals surface area contributed by atoms with E-state index in [1.165, 1.54) is 4.90 Å². The van der Waals surface area contributed by atoms with Gasteiger partial charge in [-0.3, -0.25) is 35.0 Å². The van der Waals surface area contributed by atoms with Crippen LogP contribution in [0.1, 0.15) is 17.5 Å². The molecule has 0 bridgehead atoms. The van der Waals surface area contributed by atoms with Gasteiger partial charge in [-0.1, -0.05) is 0 Å². The van der Waals surface area contributed by atoms with Crippen LogP contribution in [0.2, 0.25) is 0 Å². The second-order valence-electron chi connectivity index (χ2n) is 11.7. The summed E-state index contributed by atoms with van der Waals surface area (Å²) in [6, 6.07) is 3.86. The van der Waals surface area contributed by atoms with Gasteiger partial charge in [-0.25, -0.2) is 4.99 Å². The highest BCUT2D eigenvalue weighted by Crippen LogP contribution is 2.54. The smallest absolute Gasteiger partial charge is 0.255 e. The number of benzene rings is 1. The minimum atomic E-state index is -2.74. The predicted octanol–water partition coefficient (Wildman–Crippen LogP) is 0.546. The van der Waals surface area contributed by atoms with Crippen molar-refractivity contribution in [1.29, 1.82) is 0 Å². The largest absolute Gasteiger partial charge is 0.508 e. The number of amidine groups is 1. The molecule has 0 radical (unpaired) electrons. The van der Waals surface area contributed by atoms with Crippen molar-refractivity contribution in [3.05, 3.63) is 58.6 Å². The van der Waals surface area contributed by atoms with Crippen LogP contribution < -0.4 is 21.4 Å². The normalized spacial score (nSPS) is 24.7. The Hall–Kier alpha value is -4.99. The van der Waals surface area contributed by atoms with Gasteiger partial charge in [0.05, 0.1) is 23.8 Å². The summed E-state index contributed by atoms with van der Waals surface area (Å²) in [6.07, 6.45) is 3.26. The summed E-state index contributed by atoms with van der Waals surface area (Å²) in [4.78, 5) is 51.1. The molecular formula is C30H35N7O8. The first-order chi connectivity index (χ1) is 21.2. The number of carbonyl (C=O) groups is 3. The van der Waals surface area contributed by atoms with Crippen molar-refractivity contribution in [3.63, 3.8) is 0 Å². The number of aromatic hydroxyl groups is 1. The Kier molecular flexibility index (Phi) is 8.03. The van der Waals surface area contributed by atoms with Crippen LogP contribution in [-0.4, -0.2) is 105 Å². The molecule has 5 rings (SSSR count). The SMILES string of the molecule is CN(C)c1cc(N=C(CNc2cccnc2)NO)c(O)c2c1CC1CC3[C@H](N(C)C)C(=O)C(C(N)=O)=C(O)[C@@]3(O)C(=O)C1=C2O. The van der Waals surface area contributed by atoms with E-state index >= 15 is 0 Å². The van der Waals surface area contributed by atoms with Gasteiger partial charge in [0.2, 0.25) is 5.78 Å². The topological polar surface area (TPSA) is 234 Å². The number of likely N-dealkylation sites (N-methyl/N-ethyl adjacent to an activating group) is 1. The number of rotatable bonds is 7. The van der Waals surface area contributed by atoms with Crippen LogP contribution in [0.25, 0.3) is 5.76 Å². The van der Waals surface area contributed by atoms with Gasteiger partial charge in [0.25, 0.3) is 5.91 Å². The maximum Gasteiger partial charge on any atom is 0.255 e. The van der Waals surface area contributed by atoms with Gasteiger partial charge in [0.1, 0.15) is 28.6 Å². The number of ketones is 2. The Labute approximate surface area is 258 Å². The maximum atomic E-state index is 14.1. The number of fused-ring (bicyclic) bond motifs is 3. The van der Waals surface area contributed by atoms with E-state index < -0.39 is 63.8 Å². The fourth-order valence-electron chi connectivity index (χ4n) is 6.66. The number of pyridine rings is 1. The number of hydroxylamine groups is 1. The molecule has 0 aliphatic heterocycles. The molecule has 0 saturated heterocycles. The fourth-order valence-corrected chi connectivity index (χ4v) is 6.66. The quantitative estimate of drug-likeness (QED) is 0.0914. The zero-order valence-corrected chi connectivity index (χ0v) is 25.1. The summed E-state index contributed by atoms with van der Waals surface area (Å²) in [5.74, 6) is -7.44. The van der Waals surface area contributed by atoms with Crippen LogP contribution in [0.3, 0.4) is 0 Å². The number of aromatic nitrogens is 1. The molecule has 1 fully saturated rings. The lowest BCUT2D eigenvalue weighted by Crippen LogP contribution is -2.65. The summed E-state index contributed by atoms with van der Waals surface area (Å²) in [5, 5.41) is 58.7. The molecule has 1 heterocycles. The van der Waals surface area contributed by atoms with Crippen LogP contribution in [-0.2, 0) is 20.8 Å². The number of nitrogens with two attached hydrogens (primary N) is 1. The molecular weight excluding hydrogens is 586 g/mol. The number of amides is 1. The standard InChI is InChI=1S/C30H35N7O8/c1-36(2)18-10-17(34-19(35-45)12-33-14-6-5-7-32-11-14)24(38)21-15(18)8-13-9-16-23(37(3)4)26(40)22(29(31)43)28(42)30(16,44)27(41)20(13)25(21)39/h5-7,10-11,13,16,23,33,38-39,42,44-45H,8-9,12H2,1-4H3,(H2,31,43)(H,34,35)/t13?,16?,23-,30-/m0/s1. The first kappa shape index (κ1) is 31.4. The summed E-state index contributed by atoms with van der Waals surface area (Å²) in [6.45, 7) is -0.00234. The number of carbonyl (C=O) groups excluding carboxylic acids is 3. The highest BCUT2D eigenvalue weighted by atomic mass is 16.5. The highest BCUT2D eigenvalue weighted by molar-refractivity contribution is 6.24. The van der Waals surface area contributed by atoms with E-state index in [4.69, 9.17) is 5.73 Å². The molecule has 45 heavy (non-hydrogen) atoms. The Morgan fingerprint density at radius 3 is 2.49 bits per heavy atom. The number of phenols is 1. The van der Waals surface area contributed by atoms with Crippen molar-refractivity contribution in [2.45, 2.75) is 24.5 Å². The Bertz CT molecular complexity index is 1680. The van der Waals surface area contributed by atoms with Crippen molar-refractivity contribution in [1.82, 2.24) is 15.4 Å². The molecule has 3 aliphatic carbocycles. The zero-order valence-electron chi connectivity index (χ0n) is 25.1. The minimum Gasteiger partial charge on any atom is -0.508 e. The molecule has 3 aliphatic rings. The number of aliphatic hydroxyl groups is 3. The van der Waals surface area contributed by atoms with E-state index in [1.54, 1.807) is 63.7 Å². The minimum absolute atomic E-state index is 0.00109. The van der Waals surface area contributed by atoms with Crippen molar-refractivity contribution in [2.75, 3.05) is 45.0 Å². The summed E-state index contributed by atoms with van der Waals surface area (Å²) in [7, 11) is 6.57. The third-order valence-corrected chi connectivity index (χ3v) is 8.66. The van der Waals surface area contributed by atoms with Gasteiger partial charge in [0.15, 0.2) is 17.1 Å². The average Bonchev–Trinajstić information content (AvgIpc) is 2.98. The van der Waals surface area contributed by atoms with E-state index in [0.29, 0.717) is 16.9 Å². The molecule has 0 spiro atoms. The van der Waals surface area contributed by atoms with Crippen molar-refractivity contribution >= 4 is 46.1 Å². The molecule has 2 aromatic rings. The van der Waals surface area contributed by atoms with Gasteiger partial charge in [0, 0.05) is 43.7 Å². The van der Waals surface area contributed by atoms with Crippen molar-refractivity contribution in [3.8, 4) is 5.75 Å². The van der Waals surface area contributed by atoms with E-state index in [0.717, 1.165) is 0 Å². The summed E-state index contributed by atoms with van der Waals surface area (Å²) < 4.78 is 0. The Morgan fingerprint density at radius 1 is 1.20 bits per heavy atom. The van der Waals surface area contributed by atoms with Crippen molar-refractivity contribution in [2.24, 2.45) is 22.6 Å². The van der Waals surface area contributed by atoms with Gasteiger partial charge in [-0.05, 0) is 56.6 Å². The Morgan fingerprint density at radius 2 is 1.91 bits per heavy atom. The first-order valence-corrected chi connectivity index (χ1v) is 14.1. The fraction of sp³-hybridized carbons (Fsp3) is 0.367. The number of anilines is 2. The lowest BCUT2D eigenvalue weighted by Gasteiger charge is -2.50. The van der Waals surface area contributed by atoms with Gasteiger partial charge >= 0.3 is 0 Å². The van der Waals surface area contributed by atoms with Crippen LogP contribution >= 0.6 is 0 Å². The molecule has 15 nitrogen and oxygen atoms in total. The van der Waals surface area contributed by atoms with Gasteiger partial charge in [-0.15, -0.1) is 0 Å². The molecule has 1 amide bonds. The van der Waals surface area contributed by atoms with Crippen LogP contribution in [0, 0.1) is 11.8 Å². The number of nitrogens with zero attached hydrogens (tertiary/aromatic N) is 4. The molecule has 15 heteroatoms. The molecule has 9 N–H and O–H groups in total. The number of Topliss-reactive ketones (excluding diaryl/α,β-unsaturated/α-hetero) is 2. The third kappa shape index (κ3) is 4.94. The predicted molar refractivity (Wildman–Crippen MR) is 163 cm³/mol. The molecule has 1 aromatic heterocycles. The second-order valence-corrected chi connectivity index (χ2v) is 11.7.